The second kappa shape index (κ2) is 7.14. The second-order valence-corrected chi connectivity index (χ2v) is 7.12. The molecule has 0 fully saturated rings. The largest absolute Gasteiger partial charge is 0.368 e. The third-order valence-electron chi connectivity index (χ3n) is 3.62. The summed E-state index contributed by atoms with van der Waals surface area (Å²) < 4.78 is 0. The Morgan fingerprint density at radius 1 is 1.40 bits per heavy atom. The lowest BCUT2D eigenvalue weighted by Gasteiger charge is -2.29. The third-order valence-corrected chi connectivity index (χ3v) is 4.72. The molecule has 1 rings (SSSR count). The number of nitrogens with one attached hydrogen (secondary N) is 1. The monoisotopic (exact) mass is 294 g/mol. The van der Waals surface area contributed by atoms with Gasteiger partial charge < -0.3 is 11.1 Å². The molecule has 0 saturated carbocycles. The predicted octanol–water partition coefficient (Wildman–Crippen LogP) is 3.03. The average Bonchev–Trinajstić information content (AvgIpc) is 2.33. The fraction of sp³-hybridized carbons (Fsp3) is 0.562. The van der Waals surface area contributed by atoms with Crippen molar-refractivity contribution in [3.63, 3.8) is 0 Å². The number of carbonyl (C=O) groups is 1. The van der Waals surface area contributed by atoms with Gasteiger partial charge in [0.1, 0.15) is 0 Å². The number of aryl methyl sites for hydroxylation is 2. The van der Waals surface area contributed by atoms with Crippen LogP contribution in [0.4, 0.5) is 0 Å². The molecule has 2 atom stereocenters. The Morgan fingerprint density at radius 3 is 2.55 bits per heavy atom. The first kappa shape index (κ1) is 17.1. The van der Waals surface area contributed by atoms with Gasteiger partial charge in [0.2, 0.25) is 5.91 Å². The molecule has 0 saturated heterocycles. The molecule has 2 unspecified atom stereocenters. The van der Waals surface area contributed by atoms with Crippen LogP contribution in [0.25, 0.3) is 0 Å². The van der Waals surface area contributed by atoms with Crippen molar-refractivity contribution in [2.24, 2.45) is 5.73 Å². The highest BCUT2D eigenvalue weighted by Crippen LogP contribution is 2.29. The predicted molar refractivity (Wildman–Crippen MR) is 87.1 cm³/mol. The van der Waals surface area contributed by atoms with Gasteiger partial charge in [-0.1, -0.05) is 19.9 Å². The van der Waals surface area contributed by atoms with Crippen LogP contribution in [-0.4, -0.2) is 23.2 Å². The van der Waals surface area contributed by atoms with Crippen molar-refractivity contribution in [3.8, 4) is 0 Å². The Hall–Kier alpha value is -1.00. The molecule has 0 spiro atoms. The van der Waals surface area contributed by atoms with E-state index in [1.807, 2.05) is 13.8 Å². The van der Waals surface area contributed by atoms with E-state index in [-0.39, 0.29) is 5.91 Å². The minimum atomic E-state index is -0.638. The SMILES string of the molecule is CCNC(C)(CC(C)Sc1ccc(C)c(C)c1)C(N)=O. The zero-order chi connectivity index (χ0) is 15.3. The maximum atomic E-state index is 11.6. The lowest BCUT2D eigenvalue weighted by molar-refractivity contribution is -0.124. The molecule has 4 heteroatoms. The summed E-state index contributed by atoms with van der Waals surface area (Å²) in [6.07, 6.45) is 0.716. The van der Waals surface area contributed by atoms with E-state index in [1.54, 1.807) is 11.8 Å². The van der Waals surface area contributed by atoms with Gasteiger partial charge in [0.25, 0.3) is 0 Å². The van der Waals surface area contributed by atoms with E-state index in [4.69, 9.17) is 5.73 Å². The molecule has 3 nitrogen and oxygen atoms in total. The molecule has 0 aliphatic carbocycles. The molecule has 20 heavy (non-hydrogen) atoms. The minimum Gasteiger partial charge on any atom is -0.368 e. The zero-order valence-electron chi connectivity index (χ0n) is 13.1. The van der Waals surface area contributed by atoms with Gasteiger partial charge in [-0.3, -0.25) is 4.79 Å². The van der Waals surface area contributed by atoms with Crippen molar-refractivity contribution in [2.75, 3.05) is 6.54 Å². The molecule has 112 valence electrons. The van der Waals surface area contributed by atoms with Crippen LogP contribution in [0.5, 0.6) is 0 Å². The van der Waals surface area contributed by atoms with Gasteiger partial charge in [-0.05, 0) is 57.0 Å². The summed E-state index contributed by atoms with van der Waals surface area (Å²) in [6, 6.07) is 6.48. The molecule has 0 heterocycles. The lowest BCUT2D eigenvalue weighted by Crippen LogP contribution is -2.54. The number of carbonyl (C=O) groups excluding carboxylic acids is 1. The maximum Gasteiger partial charge on any atom is 0.237 e. The number of benzene rings is 1. The number of hydrogen-bond acceptors (Lipinski definition) is 3. The van der Waals surface area contributed by atoms with Gasteiger partial charge in [-0.25, -0.2) is 0 Å². The van der Waals surface area contributed by atoms with Gasteiger partial charge in [-0.15, -0.1) is 11.8 Å². The number of likely N-dealkylation sites (N-methyl/N-ethyl adjacent to an activating group) is 1. The van der Waals surface area contributed by atoms with Gasteiger partial charge in [0, 0.05) is 10.1 Å². The molecule has 1 amide bonds. The van der Waals surface area contributed by atoms with E-state index < -0.39 is 5.54 Å². The summed E-state index contributed by atoms with van der Waals surface area (Å²) >= 11 is 1.79. The van der Waals surface area contributed by atoms with E-state index >= 15 is 0 Å². The molecular weight excluding hydrogens is 268 g/mol. The van der Waals surface area contributed by atoms with Crippen LogP contribution in [0.15, 0.2) is 23.1 Å². The summed E-state index contributed by atoms with van der Waals surface area (Å²) in [5.74, 6) is -0.285. The zero-order valence-corrected chi connectivity index (χ0v) is 13.9. The number of rotatable bonds is 7. The maximum absolute atomic E-state index is 11.6. The number of nitrogens with two attached hydrogens (primary N) is 1. The fourth-order valence-corrected chi connectivity index (χ4v) is 3.56. The van der Waals surface area contributed by atoms with Crippen molar-refractivity contribution in [1.29, 1.82) is 0 Å². The van der Waals surface area contributed by atoms with Crippen LogP contribution >= 0.6 is 11.8 Å². The normalized spacial score (nSPS) is 15.7. The van der Waals surface area contributed by atoms with E-state index in [9.17, 15) is 4.79 Å². The molecule has 0 aliphatic heterocycles. The molecule has 0 aliphatic rings. The summed E-state index contributed by atoms with van der Waals surface area (Å²) in [7, 11) is 0. The van der Waals surface area contributed by atoms with Crippen LogP contribution in [0.1, 0.15) is 38.3 Å². The van der Waals surface area contributed by atoms with E-state index in [2.05, 4.69) is 44.3 Å². The molecular formula is C16H26N2OS. The van der Waals surface area contributed by atoms with Gasteiger partial charge in [-0.2, -0.15) is 0 Å². The Balaban J connectivity index is 2.72. The average molecular weight is 294 g/mol. The topological polar surface area (TPSA) is 55.1 Å². The highest BCUT2D eigenvalue weighted by molar-refractivity contribution is 7.99. The second-order valence-electron chi connectivity index (χ2n) is 5.61. The first-order chi connectivity index (χ1) is 9.28. The number of amides is 1. The van der Waals surface area contributed by atoms with Crippen molar-refractivity contribution >= 4 is 17.7 Å². The van der Waals surface area contributed by atoms with Crippen molar-refractivity contribution < 1.29 is 4.79 Å². The Morgan fingerprint density at radius 2 is 2.05 bits per heavy atom. The van der Waals surface area contributed by atoms with Crippen molar-refractivity contribution in [3.05, 3.63) is 29.3 Å². The molecule has 0 radical (unpaired) electrons. The van der Waals surface area contributed by atoms with Crippen LogP contribution in [-0.2, 0) is 4.79 Å². The minimum absolute atomic E-state index is 0.285. The summed E-state index contributed by atoms with van der Waals surface area (Å²) in [5.41, 5.74) is 7.49. The van der Waals surface area contributed by atoms with Crippen LogP contribution in [0.2, 0.25) is 0 Å². The molecule has 1 aromatic rings. The number of primary amides is 1. The van der Waals surface area contributed by atoms with E-state index in [1.165, 1.54) is 16.0 Å². The number of hydrogen-bond donors (Lipinski definition) is 2. The Bertz CT molecular complexity index is 476. The van der Waals surface area contributed by atoms with Crippen molar-refractivity contribution in [2.45, 2.75) is 56.7 Å². The lowest BCUT2D eigenvalue weighted by atomic mass is 9.95. The standard InChI is InChI=1S/C16H26N2OS/c1-6-18-16(5,15(17)19)10-13(4)20-14-8-7-11(2)12(3)9-14/h7-9,13,18H,6,10H2,1-5H3,(H2,17,19). The highest BCUT2D eigenvalue weighted by atomic mass is 32.2. The first-order valence-corrected chi connectivity index (χ1v) is 7.95. The highest BCUT2D eigenvalue weighted by Gasteiger charge is 2.31. The van der Waals surface area contributed by atoms with Gasteiger partial charge in [0.05, 0.1) is 5.54 Å². The third kappa shape index (κ3) is 4.53. The Labute approximate surface area is 126 Å². The van der Waals surface area contributed by atoms with Crippen LogP contribution in [0.3, 0.4) is 0 Å². The summed E-state index contributed by atoms with van der Waals surface area (Å²) in [5, 5.41) is 3.52. The summed E-state index contributed by atoms with van der Waals surface area (Å²) in [6.45, 7) is 11.0. The van der Waals surface area contributed by atoms with Crippen LogP contribution in [0, 0.1) is 13.8 Å². The quantitative estimate of drug-likeness (QED) is 0.760. The van der Waals surface area contributed by atoms with E-state index in [0.29, 0.717) is 11.7 Å². The summed E-state index contributed by atoms with van der Waals surface area (Å²) in [4.78, 5) is 12.9. The van der Waals surface area contributed by atoms with Crippen molar-refractivity contribution in [1.82, 2.24) is 5.32 Å². The first-order valence-electron chi connectivity index (χ1n) is 7.07. The fourth-order valence-electron chi connectivity index (χ4n) is 2.29. The van der Waals surface area contributed by atoms with Gasteiger partial charge >= 0.3 is 0 Å². The molecule has 0 bridgehead atoms. The van der Waals surface area contributed by atoms with Gasteiger partial charge in [0.15, 0.2) is 0 Å². The van der Waals surface area contributed by atoms with E-state index in [0.717, 1.165) is 6.54 Å². The smallest absolute Gasteiger partial charge is 0.237 e. The Kier molecular flexibility index (Phi) is 6.08. The van der Waals surface area contributed by atoms with Crippen LogP contribution < -0.4 is 11.1 Å². The molecule has 0 aromatic heterocycles. The molecule has 3 N–H and O–H groups in total. The number of thioether (sulfide) groups is 1. The molecule has 1 aromatic carbocycles.